The third-order valence-corrected chi connectivity index (χ3v) is 5.05. The minimum absolute atomic E-state index is 0.0240. The van der Waals surface area contributed by atoms with Crippen LogP contribution < -0.4 is 5.56 Å². The van der Waals surface area contributed by atoms with Crippen molar-refractivity contribution in [2.45, 2.75) is 37.6 Å². The summed E-state index contributed by atoms with van der Waals surface area (Å²) in [6.45, 7) is 2.71. The van der Waals surface area contributed by atoms with E-state index in [1.807, 2.05) is 0 Å². The van der Waals surface area contributed by atoms with E-state index in [1.165, 1.54) is 18.7 Å². The molecule has 1 fully saturated rings. The van der Waals surface area contributed by atoms with Crippen LogP contribution in [0.5, 0.6) is 0 Å². The molecule has 5 nitrogen and oxygen atoms in total. The van der Waals surface area contributed by atoms with Crippen LogP contribution in [0.3, 0.4) is 0 Å². The van der Waals surface area contributed by atoms with Gasteiger partial charge in [0, 0.05) is 11.6 Å². The zero-order valence-corrected chi connectivity index (χ0v) is 14.3. The number of fused-ring (bicyclic) bond motifs is 1. The van der Waals surface area contributed by atoms with Crippen LogP contribution in [0.2, 0.25) is 5.02 Å². The van der Waals surface area contributed by atoms with Crippen molar-refractivity contribution < 1.29 is 9.53 Å². The van der Waals surface area contributed by atoms with Crippen molar-refractivity contribution in [2.75, 3.05) is 12.4 Å². The highest BCUT2D eigenvalue weighted by molar-refractivity contribution is 7.99. The molecule has 122 valence electrons. The molecular formula is C16H17ClN2O3S. The van der Waals surface area contributed by atoms with Crippen molar-refractivity contribution in [1.29, 1.82) is 0 Å². The van der Waals surface area contributed by atoms with Crippen molar-refractivity contribution in [3.63, 3.8) is 0 Å². The van der Waals surface area contributed by atoms with Crippen LogP contribution in [0.15, 0.2) is 28.2 Å². The Hall–Kier alpha value is -1.37. The van der Waals surface area contributed by atoms with Crippen LogP contribution in [-0.4, -0.2) is 33.8 Å². The molecule has 0 bridgehead atoms. The molecule has 1 aromatic carbocycles. The Morgan fingerprint density at radius 1 is 1.52 bits per heavy atom. The van der Waals surface area contributed by atoms with E-state index < -0.39 is 0 Å². The largest absolute Gasteiger partial charge is 0.376 e. The van der Waals surface area contributed by atoms with E-state index in [0.29, 0.717) is 27.6 Å². The second-order valence-corrected chi connectivity index (χ2v) is 6.98. The smallest absolute Gasteiger partial charge is 0.262 e. The number of aromatic nitrogens is 2. The minimum atomic E-state index is -0.117. The number of Topliss-reactive ketones (excluding diaryl/α,β-unsaturated/α-hetero) is 1. The summed E-state index contributed by atoms with van der Waals surface area (Å²) >= 11 is 7.28. The van der Waals surface area contributed by atoms with Gasteiger partial charge in [-0.3, -0.25) is 14.2 Å². The van der Waals surface area contributed by atoms with Crippen molar-refractivity contribution in [1.82, 2.24) is 9.55 Å². The second kappa shape index (κ2) is 7.03. The maximum atomic E-state index is 12.8. The predicted octanol–water partition coefficient (Wildman–Crippen LogP) is 2.91. The monoisotopic (exact) mass is 352 g/mol. The Balaban J connectivity index is 2.06. The van der Waals surface area contributed by atoms with E-state index >= 15 is 0 Å². The molecule has 1 saturated heterocycles. The standard InChI is InChI=1S/C16H17ClN2O3S/c1-10(20)9-23-16-18-14-7-11(17)4-5-13(14)15(21)19(16)8-12-3-2-6-22-12/h4-5,7,12H,2-3,6,8-9H2,1H3/t12-/m0/s1. The summed E-state index contributed by atoms with van der Waals surface area (Å²) in [5.41, 5.74) is 0.436. The van der Waals surface area contributed by atoms with Crippen molar-refractivity contribution >= 4 is 40.0 Å². The maximum Gasteiger partial charge on any atom is 0.262 e. The van der Waals surface area contributed by atoms with Gasteiger partial charge >= 0.3 is 0 Å². The highest BCUT2D eigenvalue weighted by atomic mass is 35.5. The summed E-state index contributed by atoms with van der Waals surface area (Å²) in [7, 11) is 0. The lowest BCUT2D eigenvalue weighted by Gasteiger charge is -2.16. The number of carbonyl (C=O) groups is 1. The predicted molar refractivity (Wildman–Crippen MR) is 91.4 cm³/mol. The van der Waals surface area contributed by atoms with Crippen LogP contribution in [0.25, 0.3) is 10.9 Å². The fraction of sp³-hybridized carbons (Fsp3) is 0.438. The van der Waals surface area contributed by atoms with Crippen molar-refractivity contribution in [2.24, 2.45) is 0 Å². The van der Waals surface area contributed by atoms with Crippen LogP contribution in [0.4, 0.5) is 0 Å². The van der Waals surface area contributed by atoms with E-state index in [0.717, 1.165) is 19.4 Å². The van der Waals surface area contributed by atoms with Crippen LogP contribution in [-0.2, 0) is 16.1 Å². The van der Waals surface area contributed by atoms with Gasteiger partial charge in [0.25, 0.3) is 5.56 Å². The molecule has 0 amide bonds. The first-order valence-electron chi connectivity index (χ1n) is 7.48. The molecule has 0 aliphatic carbocycles. The molecule has 1 atom stereocenters. The van der Waals surface area contributed by atoms with E-state index in [-0.39, 0.29) is 23.2 Å². The van der Waals surface area contributed by atoms with E-state index in [1.54, 1.807) is 22.8 Å². The van der Waals surface area contributed by atoms with Gasteiger partial charge in [-0.1, -0.05) is 23.4 Å². The Labute approximate surface area is 143 Å². The normalized spacial score (nSPS) is 17.7. The quantitative estimate of drug-likeness (QED) is 0.611. The molecule has 3 rings (SSSR count). The van der Waals surface area contributed by atoms with Gasteiger partial charge in [-0.2, -0.15) is 0 Å². The van der Waals surface area contributed by atoms with Gasteiger partial charge in [0.1, 0.15) is 5.78 Å². The van der Waals surface area contributed by atoms with Crippen LogP contribution in [0, 0.1) is 0 Å². The number of hydrogen-bond donors (Lipinski definition) is 0. The molecule has 1 aliphatic rings. The van der Waals surface area contributed by atoms with Gasteiger partial charge in [-0.15, -0.1) is 0 Å². The first-order chi connectivity index (χ1) is 11.0. The fourth-order valence-electron chi connectivity index (χ4n) is 2.60. The average Bonchev–Trinajstić information content (AvgIpc) is 3.01. The number of nitrogens with zero attached hydrogens (tertiary/aromatic N) is 2. The number of ketones is 1. The third-order valence-electron chi connectivity index (χ3n) is 3.70. The lowest BCUT2D eigenvalue weighted by Crippen LogP contribution is -2.29. The Kier molecular flexibility index (Phi) is 5.04. The van der Waals surface area contributed by atoms with E-state index in [2.05, 4.69) is 4.98 Å². The number of benzene rings is 1. The minimum Gasteiger partial charge on any atom is -0.376 e. The first-order valence-corrected chi connectivity index (χ1v) is 8.85. The number of hydrogen-bond acceptors (Lipinski definition) is 5. The maximum absolute atomic E-state index is 12.8. The van der Waals surface area contributed by atoms with Gasteiger partial charge in [0.15, 0.2) is 5.16 Å². The zero-order chi connectivity index (χ0) is 16.4. The van der Waals surface area contributed by atoms with Crippen LogP contribution >= 0.6 is 23.4 Å². The molecule has 2 aromatic rings. The number of halogens is 1. The average molecular weight is 353 g/mol. The van der Waals surface area contributed by atoms with E-state index in [9.17, 15) is 9.59 Å². The molecule has 0 radical (unpaired) electrons. The highest BCUT2D eigenvalue weighted by Gasteiger charge is 2.20. The number of rotatable bonds is 5. The number of ether oxygens (including phenoxy) is 1. The number of thioether (sulfide) groups is 1. The Morgan fingerprint density at radius 2 is 2.35 bits per heavy atom. The molecule has 2 heterocycles. The summed E-state index contributed by atoms with van der Waals surface area (Å²) in [4.78, 5) is 28.7. The topological polar surface area (TPSA) is 61.2 Å². The summed E-state index contributed by atoms with van der Waals surface area (Å²) < 4.78 is 7.26. The summed E-state index contributed by atoms with van der Waals surface area (Å²) in [6, 6.07) is 5.05. The Morgan fingerprint density at radius 3 is 3.04 bits per heavy atom. The molecule has 0 N–H and O–H groups in total. The summed E-state index contributed by atoms with van der Waals surface area (Å²) in [6.07, 6.45) is 1.96. The second-order valence-electron chi connectivity index (χ2n) is 5.60. The SMILES string of the molecule is CC(=O)CSc1nc2cc(Cl)ccc2c(=O)n1C[C@@H]1CCCO1. The lowest BCUT2D eigenvalue weighted by molar-refractivity contribution is -0.114. The zero-order valence-electron chi connectivity index (χ0n) is 12.8. The first kappa shape index (κ1) is 16.5. The molecule has 1 aliphatic heterocycles. The highest BCUT2D eigenvalue weighted by Crippen LogP contribution is 2.22. The Bertz CT molecular complexity index is 800. The van der Waals surface area contributed by atoms with Gasteiger partial charge in [0.2, 0.25) is 0 Å². The molecule has 23 heavy (non-hydrogen) atoms. The summed E-state index contributed by atoms with van der Waals surface area (Å²) in [5.74, 6) is 0.323. The molecule has 0 spiro atoms. The molecular weight excluding hydrogens is 336 g/mol. The third kappa shape index (κ3) is 3.76. The summed E-state index contributed by atoms with van der Waals surface area (Å²) in [5, 5.41) is 1.60. The van der Waals surface area contributed by atoms with Gasteiger partial charge in [-0.25, -0.2) is 4.98 Å². The lowest BCUT2D eigenvalue weighted by atomic mass is 10.2. The van der Waals surface area contributed by atoms with Crippen molar-refractivity contribution in [3.05, 3.63) is 33.6 Å². The molecule has 1 aromatic heterocycles. The fourth-order valence-corrected chi connectivity index (χ4v) is 3.58. The van der Waals surface area contributed by atoms with Crippen LogP contribution in [0.1, 0.15) is 19.8 Å². The van der Waals surface area contributed by atoms with Gasteiger partial charge < -0.3 is 4.74 Å². The van der Waals surface area contributed by atoms with Crippen molar-refractivity contribution in [3.8, 4) is 0 Å². The molecule has 0 saturated carbocycles. The van der Waals surface area contributed by atoms with Gasteiger partial charge in [-0.05, 0) is 38.0 Å². The molecule has 0 unspecified atom stereocenters. The molecule has 7 heteroatoms. The number of carbonyl (C=O) groups excluding carboxylic acids is 1. The van der Waals surface area contributed by atoms with E-state index in [4.69, 9.17) is 16.3 Å². The van der Waals surface area contributed by atoms with Gasteiger partial charge in [0.05, 0.1) is 29.3 Å².